The number of aliphatic hydroxyl groups excluding tert-OH is 1. The van der Waals surface area contributed by atoms with Crippen molar-refractivity contribution in [3.8, 4) is 0 Å². The summed E-state index contributed by atoms with van der Waals surface area (Å²) in [7, 11) is 0. The number of carbonyl (C=O) groups is 3. The largest absolute Gasteiger partial charge is 0.472 e. The van der Waals surface area contributed by atoms with Crippen molar-refractivity contribution in [3.63, 3.8) is 0 Å². The predicted molar refractivity (Wildman–Crippen MR) is 129 cm³/mol. The minimum atomic E-state index is -1.43. The Morgan fingerprint density at radius 3 is 2.62 bits per heavy atom. The summed E-state index contributed by atoms with van der Waals surface area (Å²) < 4.78 is 30.5. The number of esters is 2. The molecule has 12 unspecified atom stereocenters. The molecule has 5 bridgehead atoms. The first kappa shape index (κ1) is 23.0. The fourth-order valence-electron chi connectivity index (χ4n) is 11.5. The molecule has 5 aliphatic carbocycles. The number of rotatable bonds is 1. The highest BCUT2D eigenvalue weighted by Gasteiger charge is 2.96. The molecule has 9 aliphatic rings. The number of epoxide rings is 1. The number of fused-ring (bicyclic) bond motifs is 1. The van der Waals surface area contributed by atoms with Gasteiger partial charge in [-0.25, -0.2) is 4.79 Å². The Bertz CT molecular complexity index is 1440. The van der Waals surface area contributed by atoms with Crippen molar-refractivity contribution in [3.05, 3.63) is 48.5 Å². The van der Waals surface area contributed by atoms with Crippen LogP contribution in [-0.2, 0) is 33.3 Å². The van der Waals surface area contributed by atoms with Crippen LogP contribution in [0.2, 0.25) is 0 Å². The van der Waals surface area contributed by atoms with Crippen molar-refractivity contribution in [1.29, 1.82) is 0 Å². The summed E-state index contributed by atoms with van der Waals surface area (Å²) in [5.41, 5.74) is -5.57. The molecule has 4 aliphatic heterocycles. The van der Waals surface area contributed by atoms with Crippen LogP contribution in [0.3, 0.4) is 0 Å². The van der Waals surface area contributed by atoms with Crippen molar-refractivity contribution in [2.75, 3.05) is 6.61 Å². The molecule has 0 radical (unpaired) electrons. The Morgan fingerprint density at radius 1 is 1.03 bits per heavy atom. The maximum Gasteiger partial charge on any atom is 0.339 e. The summed E-state index contributed by atoms with van der Waals surface area (Å²) >= 11 is 0. The molecule has 1 aromatic heterocycles. The van der Waals surface area contributed by atoms with Gasteiger partial charge in [0.25, 0.3) is 0 Å². The van der Waals surface area contributed by atoms with Crippen molar-refractivity contribution in [2.24, 2.45) is 39.4 Å². The highest BCUT2D eigenvalue weighted by atomic mass is 16.7. The van der Waals surface area contributed by atoms with Gasteiger partial charge in [0.2, 0.25) is 0 Å². The van der Waals surface area contributed by atoms with Gasteiger partial charge >= 0.3 is 11.9 Å². The third-order valence-electron chi connectivity index (χ3n) is 12.4. The van der Waals surface area contributed by atoms with Gasteiger partial charge < -0.3 is 28.5 Å². The fraction of sp³-hybridized carbons (Fsp3) is 0.633. The molecule has 9 heteroatoms. The van der Waals surface area contributed by atoms with Crippen LogP contribution in [-0.4, -0.2) is 58.9 Å². The molecular formula is C30H30O9. The fourth-order valence-corrected chi connectivity index (χ4v) is 11.5. The molecule has 204 valence electrons. The molecule has 6 fully saturated rings. The van der Waals surface area contributed by atoms with Crippen LogP contribution in [0.15, 0.2) is 47.3 Å². The zero-order chi connectivity index (χ0) is 27.0. The zero-order valence-corrected chi connectivity index (χ0v) is 21.9. The number of Topliss-reactive ketones (excluding diaryl/α,β-unsaturated/α-hetero) is 1. The van der Waals surface area contributed by atoms with Gasteiger partial charge in [0.15, 0.2) is 11.9 Å². The lowest BCUT2D eigenvalue weighted by molar-refractivity contribution is -0.283. The first-order valence-electron chi connectivity index (χ1n) is 13.9. The van der Waals surface area contributed by atoms with Crippen LogP contribution in [0.5, 0.6) is 0 Å². The van der Waals surface area contributed by atoms with Crippen LogP contribution in [0, 0.1) is 39.4 Å². The van der Waals surface area contributed by atoms with Crippen LogP contribution < -0.4 is 0 Å². The molecule has 4 spiro atoms. The summed E-state index contributed by atoms with van der Waals surface area (Å²) in [6.45, 7) is 5.84. The molecule has 1 aromatic rings. The van der Waals surface area contributed by atoms with Crippen molar-refractivity contribution < 1.29 is 42.9 Å². The normalized spacial score (nSPS) is 56.5. The summed E-state index contributed by atoms with van der Waals surface area (Å²) in [6, 6.07) is 1.79. The Hall–Kier alpha value is -2.75. The molecule has 4 saturated heterocycles. The van der Waals surface area contributed by atoms with Gasteiger partial charge in [-0.05, 0) is 38.2 Å². The Morgan fingerprint density at radius 2 is 1.85 bits per heavy atom. The van der Waals surface area contributed by atoms with E-state index in [1.807, 2.05) is 26.0 Å². The summed E-state index contributed by atoms with van der Waals surface area (Å²) in [5, 5.41) is 12.5. The van der Waals surface area contributed by atoms with Crippen molar-refractivity contribution >= 4 is 17.7 Å². The lowest BCUT2D eigenvalue weighted by atomic mass is 9.29. The zero-order valence-electron chi connectivity index (χ0n) is 21.9. The van der Waals surface area contributed by atoms with E-state index >= 15 is 0 Å². The predicted octanol–water partition coefficient (Wildman–Crippen LogP) is 2.44. The molecule has 5 heterocycles. The van der Waals surface area contributed by atoms with Crippen molar-refractivity contribution in [1.82, 2.24) is 0 Å². The summed E-state index contributed by atoms with van der Waals surface area (Å²) in [4.78, 5) is 41.1. The van der Waals surface area contributed by atoms with E-state index in [0.717, 1.165) is 5.56 Å². The number of ether oxygens (including phenoxy) is 4. The third-order valence-corrected chi connectivity index (χ3v) is 12.4. The van der Waals surface area contributed by atoms with Crippen LogP contribution >= 0.6 is 0 Å². The van der Waals surface area contributed by atoms with E-state index in [4.69, 9.17) is 23.4 Å². The average molecular weight is 535 g/mol. The minimum absolute atomic E-state index is 0.0132. The second-order valence-electron chi connectivity index (χ2n) is 13.7. The third kappa shape index (κ3) is 1.93. The van der Waals surface area contributed by atoms with E-state index in [1.54, 1.807) is 18.6 Å². The van der Waals surface area contributed by atoms with E-state index in [2.05, 4.69) is 19.1 Å². The Balaban J connectivity index is 1.38. The number of allylic oxidation sites excluding steroid dienone is 3. The number of hydrogen-bond donors (Lipinski definition) is 1. The highest BCUT2D eigenvalue weighted by Crippen LogP contribution is 2.86. The van der Waals surface area contributed by atoms with Crippen LogP contribution in [0.25, 0.3) is 0 Å². The smallest absolute Gasteiger partial charge is 0.339 e. The second kappa shape index (κ2) is 6.26. The first-order valence-corrected chi connectivity index (χ1v) is 13.9. The maximum absolute atomic E-state index is 14.9. The molecule has 1 N–H and O–H groups in total. The van der Waals surface area contributed by atoms with Crippen LogP contribution in [0.4, 0.5) is 0 Å². The first-order chi connectivity index (χ1) is 18.5. The van der Waals surface area contributed by atoms with E-state index in [-0.39, 0.29) is 42.5 Å². The molecule has 9 nitrogen and oxygen atoms in total. The number of aliphatic hydroxyl groups is 1. The number of carbonyl (C=O) groups excluding carboxylic acids is 3. The van der Waals surface area contributed by atoms with Crippen molar-refractivity contribution in [2.45, 2.75) is 69.2 Å². The number of ketones is 1. The standard InChI is InChI=1S/C30H30O9/c1-25(2)28-8-6-16-5-4-14-11-26(3)22(15-7-9-35-12-15)37-24(34)23-30(26,39-23)29(16,21(33)20(28)32)19(14)27(28)13-36-18(31)10-17(27)38-25/h4-9,12,14,16-17,19,21-23,33H,10-11,13H2,1-3H3. The van der Waals surface area contributed by atoms with E-state index in [9.17, 15) is 19.5 Å². The van der Waals surface area contributed by atoms with Gasteiger partial charge in [-0.15, -0.1) is 0 Å². The maximum atomic E-state index is 14.9. The molecular weight excluding hydrogens is 504 g/mol. The van der Waals surface area contributed by atoms with Gasteiger partial charge in [-0.1, -0.05) is 31.2 Å². The van der Waals surface area contributed by atoms with Gasteiger partial charge in [0, 0.05) is 16.9 Å². The molecule has 0 aromatic carbocycles. The number of cyclic esters (lactones) is 2. The lowest BCUT2D eigenvalue weighted by Crippen LogP contribution is -2.82. The van der Waals surface area contributed by atoms with E-state index in [0.29, 0.717) is 6.42 Å². The number of hydrogen-bond acceptors (Lipinski definition) is 9. The second-order valence-corrected chi connectivity index (χ2v) is 13.7. The minimum Gasteiger partial charge on any atom is -0.472 e. The van der Waals surface area contributed by atoms with E-state index in [1.165, 1.54) is 0 Å². The topological polar surface area (TPSA) is 125 Å². The monoisotopic (exact) mass is 534 g/mol. The lowest BCUT2D eigenvalue weighted by Gasteiger charge is -2.72. The molecule has 10 rings (SSSR count). The Labute approximate surface area is 224 Å². The highest BCUT2D eigenvalue weighted by molar-refractivity contribution is 5.98. The number of furan rings is 1. The molecule has 2 saturated carbocycles. The SMILES string of the molecule is CC1(C)OC2CC(=O)OCC23C2C4C=CC5C=CC13C(=O)C(O)C52C12OC1C(=O)OC(c1ccoc1)C2(C)C4. The molecule has 0 amide bonds. The summed E-state index contributed by atoms with van der Waals surface area (Å²) in [5.74, 6) is -2.05. The molecule has 39 heavy (non-hydrogen) atoms. The Kier molecular flexibility index (Phi) is 3.69. The van der Waals surface area contributed by atoms with Gasteiger partial charge in [-0.2, -0.15) is 0 Å². The quantitative estimate of drug-likeness (QED) is 0.329. The van der Waals surface area contributed by atoms with Gasteiger partial charge in [-0.3, -0.25) is 9.59 Å². The molecule has 12 atom stereocenters. The summed E-state index contributed by atoms with van der Waals surface area (Å²) in [6.07, 6.45) is 8.40. The van der Waals surface area contributed by atoms with Crippen LogP contribution in [0.1, 0.15) is 45.3 Å². The van der Waals surface area contributed by atoms with Gasteiger partial charge in [0.1, 0.15) is 24.4 Å². The van der Waals surface area contributed by atoms with Gasteiger partial charge in [0.05, 0.1) is 46.9 Å². The van der Waals surface area contributed by atoms with E-state index < -0.39 is 63.2 Å². The average Bonchev–Trinajstić information content (AvgIpc) is 3.42.